The number of benzene rings is 2. The van der Waals surface area contributed by atoms with Crippen molar-refractivity contribution in [3.05, 3.63) is 74.8 Å². The summed E-state index contributed by atoms with van der Waals surface area (Å²) in [5.74, 6) is -2.61. The number of hydrogen-bond donors (Lipinski definition) is 0. The van der Waals surface area contributed by atoms with Crippen LogP contribution in [0.2, 0.25) is 0 Å². The van der Waals surface area contributed by atoms with Gasteiger partial charge in [0.1, 0.15) is 12.1 Å². The molecule has 0 radical (unpaired) electrons. The molecule has 1 saturated carbocycles. The van der Waals surface area contributed by atoms with Gasteiger partial charge in [-0.25, -0.2) is 0 Å². The van der Waals surface area contributed by atoms with Gasteiger partial charge in [-0.1, -0.05) is 49.6 Å². The highest BCUT2D eigenvalue weighted by Crippen LogP contribution is 2.33. The highest BCUT2D eigenvalue weighted by molar-refractivity contribution is 6.24. The second-order valence-electron chi connectivity index (χ2n) is 8.19. The fraction of sp³-hybridized carbons (Fsp3) is 0.333. The quantitative estimate of drug-likeness (QED) is 0.207. The Hall–Kier alpha value is -3.88. The summed E-state index contributed by atoms with van der Waals surface area (Å²) in [7, 11) is 0. The molecule has 2 aliphatic rings. The third kappa shape index (κ3) is 4.52. The largest absolute Gasteiger partial charge is 0.456 e. The number of carbonyl (C=O) groups is 4. The third-order valence-corrected chi connectivity index (χ3v) is 6.13. The molecule has 0 bridgehead atoms. The summed E-state index contributed by atoms with van der Waals surface area (Å²) in [4.78, 5) is 60.6. The van der Waals surface area contributed by atoms with Crippen molar-refractivity contribution in [2.75, 3.05) is 13.2 Å². The molecule has 33 heavy (non-hydrogen) atoms. The molecule has 2 amide bonds. The van der Waals surface area contributed by atoms with Crippen LogP contribution in [-0.4, -0.2) is 46.5 Å². The molecule has 1 aliphatic carbocycles. The summed E-state index contributed by atoms with van der Waals surface area (Å²) in [6, 6.07) is 11.0. The zero-order valence-corrected chi connectivity index (χ0v) is 17.8. The summed E-state index contributed by atoms with van der Waals surface area (Å²) in [6.45, 7) is -1.28. The molecule has 9 heteroatoms. The lowest BCUT2D eigenvalue weighted by atomic mass is 9.84. The maximum absolute atomic E-state index is 12.5. The van der Waals surface area contributed by atoms with Crippen LogP contribution in [0.3, 0.4) is 0 Å². The minimum absolute atomic E-state index is 0.142. The van der Waals surface area contributed by atoms with E-state index in [1.165, 1.54) is 37.0 Å². The Balaban J connectivity index is 1.34. The molecule has 0 spiro atoms. The highest BCUT2D eigenvalue weighted by Gasteiger charge is 2.42. The maximum Gasteiger partial charge on any atom is 0.326 e. The smallest absolute Gasteiger partial charge is 0.326 e. The van der Waals surface area contributed by atoms with Gasteiger partial charge in [0.15, 0.2) is 12.4 Å². The molecule has 0 saturated heterocycles. The van der Waals surface area contributed by atoms with Crippen LogP contribution in [-0.2, 0) is 9.53 Å². The average Bonchev–Trinajstić information content (AvgIpc) is 3.08. The molecule has 9 nitrogen and oxygen atoms in total. The average molecular weight is 450 g/mol. The first-order valence-electron chi connectivity index (χ1n) is 10.8. The molecular weight excluding hydrogens is 428 g/mol. The van der Waals surface area contributed by atoms with E-state index in [4.69, 9.17) is 4.74 Å². The number of imide groups is 1. The van der Waals surface area contributed by atoms with Crippen molar-refractivity contribution < 1.29 is 28.8 Å². The van der Waals surface area contributed by atoms with Gasteiger partial charge >= 0.3 is 5.97 Å². The highest BCUT2D eigenvalue weighted by atomic mass is 16.6. The van der Waals surface area contributed by atoms with E-state index in [2.05, 4.69) is 0 Å². The normalized spacial score (nSPS) is 15.9. The molecule has 2 aromatic carbocycles. The predicted molar refractivity (Wildman–Crippen MR) is 116 cm³/mol. The summed E-state index contributed by atoms with van der Waals surface area (Å²) in [5.41, 5.74) is 0.598. The van der Waals surface area contributed by atoms with E-state index in [9.17, 15) is 29.3 Å². The van der Waals surface area contributed by atoms with Gasteiger partial charge in [0.05, 0.1) is 10.5 Å². The molecule has 0 N–H and O–H groups in total. The van der Waals surface area contributed by atoms with E-state index in [-0.39, 0.29) is 11.1 Å². The SMILES string of the molecule is O=C(CN1C(=O)c2cccc([N+](=O)[O-])c2C1=O)OCC(=O)c1ccc(C2CCCCC2)cc1. The Labute approximate surface area is 189 Å². The molecule has 0 aromatic heterocycles. The summed E-state index contributed by atoms with van der Waals surface area (Å²) in [5, 5.41) is 11.2. The first kappa shape index (κ1) is 22.3. The van der Waals surface area contributed by atoms with Gasteiger partial charge in [0.25, 0.3) is 17.5 Å². The fourth-order valence-electron chi connectivity index (χ4n) is 4.39. The lowest BCUT2D eigenvalue weighted by molar-refractivity contribution is -0.385. The number of nitro groups is 1. The van der Waals surface area contributed by atoms with Crippen molar-refractivity contribution in [1.29, 1.82) is 0 Å². The van der Waals surface area contributed by atoms with Crippen molar-refractivity contribution in [3.8, 4) is 0 Å². The monoisotopic (exact) mass is 450 g/mol. The van der Waals surface area contributed by atoms with E-state index in [1.807, 2.05) is 12.1 Å². The van der Waals surface area contributed by atoms with Gasteiger partial charge < -0.3 is 4.74 Å². The van der Waals surface area contributed by atoms with Crippen molar-refractivity contribution in [3.63, 3.8) is 0 Å². The van der Waals surface area contributed by atoms with Crippen molar-refractivity contribution in [2.45, 2.75) is 38.0 Å². The topological polar surface area (TPSA) is 124 Å². The Morgan fingerprint density at radius 1 is 1.00 bits per heavy atom. The minimum atomic E-state index is -0.959. The number of ketones is 1. The van der Waals surface area contributed by atoms with Gasteiger partial charge in [0.2, 0.25) is 0 Å². The Kier molecular flexibility index (Phi) is 6.30. The molecule has 1 fully saturated rings. The standard InChI is InChI=1S/C24H22N2O7/c27-20(17-11-9-16(10-12-17)15-5-2-1-3-6-15)14-33-21(28)13-25-23(29)18-7-4-8-19(26(31)32)22(18)24(25)30/h4,7-12,15H,1-3,5-6,13-14H2. The first-order valence-corrected chi connectivity index (χ1v) is 10.8. The zero-order valence-electron chi connectivity index (χ0n) is 17.8. The van der Waals surface area contributed by atoms with Gasteiger partial charge in [-0.3, -0.25) is 34.2 Å². The number of esters is 1. The minimum Gasteiger partial charge on any atom is -0.456 e. The molecule has 170 valence electrons. The van der Waals surface area contributed by atoms with Crippen LogP contribution in [0.15, 0.2) is 42.5 Å². The van der Waals surface area contributed by atoms with Gasteiger partial charge in [-0.05, 0) is 30.4 Å². The Morgan fingerprint density at radius 2 is 1.70 bits per heavy atom. The number of nitro benzene ring substituents is 1. The lowest BCUT2D eigenvalue weighted by Gasteiger charge is -2.22. The summed E-state index contributed by atoms with van der Waals surface area (Å²) < 4.78 is 4.97. The number of nitrogens with zero attached hydrogens (tertiary/aromatic N) is 2. The van der Waals surface area contributed by atoms with Crippen molar-refractivity contribution >= 4 is 29.3 Å². The van der Waals surface area contributed by atoms with E-state index in [0.717, 1.165) is 18.9 Å². The summed E-state index contributed by atoms with van der Waals surface area (Å²) >= 11 is 0. The van der Waals surface area contributed by atoms with Crippen LogP contribution in [0, 0.1) is 10.1 Å². The Bertz CT molecular complexity index is 1130. The van der Waals surface area contributed by atoms with Crippen LogP contribution >= 0.6 is 0 Å². The molecule has 4 rings (SSSR count). The molecular formula is C24H22N2O7. The van der Waals surface area contributed by atoms with E-state index in [1.54, 1.807) is 12.1 Å². The van der Waals surface area contributed by atoms with Gasteiger partial charge in [-0.15, -0.1) is 0 Å². The van der Waals surface area contributed by atoms with Crippen molar-refractivity contribution in [2.24, 2.45) is 0 Å². The number of carbonyl (C=O) groups excluding carboxylic acids is 4. The van der Waals surface area contributed by atoms with Gasteiger partial charge in [-0.2, -0.15) is 0 Å². The molecule has 0 atom stereocenters. The van der Waals surface area contributed by atoms with Gasteiger partial charge in [0, 0.05) is 11.6 Å². The molecule has 1 heterocycles. The molecule has 2 aromatic rings. The third-order valence-electron chi connectivity index (χ3n) is 6.13. The lowest BCUT2D eigenvalue weighted by Crippen LogP contribution is -2.36. The van der Waals surface area contributed by atoms with Crippen molar-refractivity contribution in [1.82, 2.24) is 4.90 Å². The zero-order chi connectivity index (χ0) is 23.5. The number of hydrogen-bond acceptors (Lipinski definition) is 7. The van der Waals surface area contributed by atoms with E-state index in [0.29, 0.717) is 16.4 Å². The number of fused-ring (bicyclic) bond motifs is 1. The fourth-order valence-corrected chi connectivity index (χ4v) is 4.39. The van der Waals surface area contributed by atoms with E-state index < -0.39 is 47.3 Å². The molecule has 1 aliphatic heterocycles. The van der Waals surface area contributed by atoms with Crippen LogP contribution < -0.4 is 0 Å². The Morgan fingerprint density at radius 3 is 2.36 bits per heavy atom. The first-order chi connectivity index (χ1) is 15.9. The number of Topliss-reactive ketones (excluding diaryl/α,β-unsaturated/α-hetero) is 1. The van der Waals surface area contributed by atoms with Crippen LogP contribution in [0.25, 0.3) is 0 Å². The maximum atomic E-state index is 12.5. The second kappa shape index (κ2) is 9.32. The van der Waals surface area contributed by atoms with Crippen LogP contribution in [0.4, 0.5) is 5.69 Å². The second-order valence-corrected chi connectivity index (χ2v) is 8.19. The summed E-state index contributed by atoms with van der Waals surface area (Å²) in [6.07, 6.45) is 5.97. The van der Waals surface area contributed by atoms with E-state index >= 15 is 0 Å². The number of ether oxygens (including phenoxy) is 1. The predicted octanol–water partition coefficient (Wildman–Crippen LogP) is 3.66. The number of rotatable bonds is 7. The van der Waals surface area contributed by atoms with Crippen LogP contribution in [0.5, 0.6) is 0 Å². The number of amides is 2. The van der Waals surface area contributed by atoms with Crippen LogP contribution in [0.1, 0.15) is 74.7 Å². The molecule has 0 unspecified atom stereocenters.